The monoisotopic (exact) mass is 266 g/mol. The fraction of sp³-hybridized carbons (Fsp3) is 0.909. The average molecular weight is 266 g/mol. The van der Waals surface area contributed by atoms with Crippen molar-refractivity contribution in [2.45, 2.75) is 19.0 Å². The Morgan fingerprint density at radius 2 is 1.94 bits per heavy atom. The SMILES string of the molecule is CN=C(NCCN(C)CC(F)(F)F)N1CCCC1. The Morgan fingerprint density at radius 1 is 1.33 bits per heavy atom. The van der Waals surface area contributed by atoms with Crippen molar-refractivity contribution in [3.63, 3.8) is 0 Å². The van der Waals surface area contributed by atoms with Crippen LogP contribution >= 0.6 is 0 Å². The number of nitrogens with zero attached hydrogens (tertiary/aromatic N) is 3. The van der Waals surface area contributed by atoms with Gasteiger partial charge in [0, 0.05) is 33.2 Å². The number of hydrogen-bond acceptors (Lipinski definition) is 2. The standard InChI is InChI=1S/C11H21F3N4/c1-15-10(18-6-3-4-7-18)16-5-8-17(2)9-11(12,13)14/h3-9H2,1-2H3,(H,15,16). The fourth-order valence-electron chi connectivity index (χ4n) is 2.00. The molecular formula is C11H21F3N4. The van der Waals surface area contributed by atoms with Gasteiger partial charge in [0.2, 0.25) is 0 Å². The second-order valence-corrected chi connectivity index (χ2v) is 4.52. The molecule has 1 rings (SSSR count). The predicted molar refractivity (Wildman–Crippen MR) is 65.7 cm³/mol. The van der Waals surface area contributed by atoms with Crippen LogP contribution in [0.3, 0.4) is 0 Å². The third-order valence-corrected chi connectivity index (χ3v) is 2.84. The van der Waals surface area contributed by atoms with Crippen LogP contribution in [0.15, 0.2) is 4.99 Å². The quantitative estimate of drug-likeness (QED) is 0.612. The van der Waals surface area contributed by atoms with Crippen molar-refractivity contribution in [1.82, 2.24) is 15.1 Å². The van der Waals surface area contributed by atoms with Crippen LogP contribution in [0.4, 0.5) is 13.2 Å². The van der Waals surface area contributed by atoms with Crippen molar-refractivity contribution in [1.29, 1.82) is 0 Å². The van der Waals surface area contributed by atoms with Gasteiger partial charge in [-0.1, -0.05) is 0 Å². The van der Waals surface area contributed by atoms with Gasteiger partial charge in [-0.25, -0.2) is 0 Å². The number of alkyl halides is 3. The lowest BCUT2D eigenvalue weighted by Crippen LogP contribution is -2.43. The second kappa shape index (κ2) is 6.82. The molecule has 0 unspecified atom stereocenters. The van der Waals surface area contributed by atoms with Crippen molar-refractivity contribution in [3.05, 3.63) is 0 Å². The first-order valence-corrected chi connectivity index (χ1v) is 6.13. The highest BCUT2D eigenvalue weighted by molar-refractivity contribution is 5.80. The Kier molecular flexibility index (Phi) is 5.71. The molecule has 1 aliphatic heterocycles. The topological polar surface area (TPSA) is 30.9 Å². The van der Waals surface area contributed by atoms with Gasteiger partial charge in [0.15, 0.2) is 5.96 Å². The van der Waals surface area contributed by atoms with Gasteiger partial charge in [-0.3, -0.25) is 9.89 Å². The van der Waals surface area contributed by atoms with E-state index in [9.17, 15) is 13.2 Å². The molecule has 1 N–H and O–H groups in total. The lowest BCUT2D eigenvalue weighted by molar-refractivity contribution is -0.142. The van der Waals surface area contributed by atoms with Crippen LogP contribution in [-0.2, 0) is 0 Å². The van der Waals surface area contributed by atoms with Gasteiger partial charge in [0.05, 0.1) is 6.54 Å². The zero-order valence-corrected chi connectivity index (χ0v) is 10.9. The maximum Gasteiger partial charge on any atom is 0.401 e. The van der Waals surface area contributed by atoms with E-state index in [0.29, 0.717) is 13.1 Å². The smallest absolute Gasteiger partial charge is 0.355 e. The minimum atomic E-state index is -4.13. The van der Waals surface area contributed by atoms with E-state index < -0.39 is 12.7 Å². The molecule has 0 amide bonds. The fourth-order valence-corrected chi connectivity index (χ4v) is 2.00. The van der Waals surface area contributed by atoms with Gasteiger partial charge in [-0.05, 0) is 19.9 Å². The zero-order chi connectivity index (χ0) is 13.6. The van der Waals surface area contributed by atoms with Gasteiger partial charge in [0.1, 0.15) is 0 Å². The molecule has 106 valence electrons. The van der Waals surface area contributed by atoms with Gasteiger partial charge in [-0.2, -0.15) is 13.2 Å². The van der Waals surface area contributed by atoms with Gasteiger partial charge >= 0.3 is 6.18 Å². The van der Waals surface area contributed by atoms with Crippen LogP contribution in [0.5, 0.6) is 0 Å². The second-order valence-electron chi connectivity index (χ2n) is 4.52. The van der Waals surface area contributed by atoms with E-state index in [1.807, 2.05) is 0 Å². The first-order chi connectivity index (χ1) is 8.42. The molecule has 18 heavy (non-hydrogen) atoms. The molecule has 0 aromatic carbocycles. The molecule has 1 aliphatic rings. The molecule has 1 fully saturated rings. The molecule has 0 saturated carbocycles. The third kappa shape index (κ3) is 5.57. The van der Waals surface area contributed by atoms with Gasteiger partial charge in [0.25, 0.3) is 0 Å². The first-order valence-electron chi connectivity index (χ1n) is 6.13. The largest absolute Gasteiger partial charge is 0.401 e. The molecule has 1 saturated heterocycles. The summed E-state index contributed by atoms with van der Waals surface area (Å²) < 4.78 is 36.3. The molecule has 0 atom stereocenters. The summed E-state index contributed by atoms with van der Waals surface area (Å²) in [6, 6.07) is 0. The Labute approximate surface area is 106 Å². The van der Waals surface area contributed by atoms with Gasteiger partial charge < -0.3 is 10.2 Å². The summed E-state index contributed by atoms with van der Waals surface area (Å²) in [5, 5.41) is 3.09. The number of nitrogens with one attached hydrogen (secondary N) is 1. The molecule has 4 nitrogen and oxygen atoms in total. The Balaban J connectivity index is 2.23. The number of likely N-dealkylation sites (tertiary alicyclic amines) is 1. The number of aliphatic imine (C=N–C) groups is 1. The third-order valence-electron chi connectivity index (χ3n) is 2.84. The van der Waals surface area contributed by atoms with Gasteiger partial charge in [-0.15, -0.1) is 0 Å². The summed E-state index contributed by atoms with van der Waals surface area (Å²) in [7, 11) is 3.16. The normalized spacial score (nSPS) is 17.7. The number of hydrogen-bond donors (Lipinski definition) is 1. The van der Waals surface area contributed by atoms with Crippen molar-refractivity contribution in [3.8, 4) is 0 Å². The molecule has 0 radical (unpaired) electrons. The number of likely N-dealkylation sites (N-methyl/N-ethyl adjacent to an activating group) is 1. The molecule has 0 aliphatic carbocycles. The van der Waals surface area contributed by atoms with Crippen molar-refractivity contribution >= 4 is 5.96 Å². The Hall–Kier alpha value is -0.980. The number of rotatable bonds is 4. The predicted octanol–water partition coefficient (Wildman–Crippen LogP) is 1.15. The van der Waals surface area contributed by atoms with Crippen molar-refractivity contribution in [2.75, 3.05) is 46.8 Å². The highest BCUT2D eigenvalue weighted by Gasteiger charge is 2.28. The van der Waals surface area contributed by atoms with Crippen LogP contribution < -0.4 is 5.32 Å². The van der Waals surface area contributed by atoms with E-state index in [2.05, 4.69) is 15.2 Å². The number of guanidine groups is 1. The zero-order valence-electron chi connectivity index (χ0n) is 10.9. The van der Waals surface area contributed by atoms with Crippen LogP contribution in [0.25, 0.3) is 0 Å². The molecule has 1 heterocycles. The van der Waals surface area contributed by atoms with Crippen molar-refractivity contribution < 1.29 is 13.2 Å². The summed E-state index contributed by atoms with van der Waals surface area (Å²) >= 11 is 0. The average Bonchev–Trinajstić information content (AvgIpc) is 2.75. The Morgan fingerprint density at radius 3 is 2.44 bits per heavy atom. The molecule has 0 aromatic heterocycles. The van der Waals surface area contributed by atoms with Crippen LogP contribution in [0.2, 0.25) is 0 Å². The molecule has 0 bridgehead atoms. The molecular weight excluding hydrogens is 245 g/mol. The lowest BCUT2D eigenvalue weighted by Gasteiger charge is -2.23. The van der Waals surface area contributed by atoms with Crippen LogP contribution in [0.1, 0.15) is 12.8 Å². The maximum atomic E-state index is 12.1. The Bertz CT molecular complexity index is 272. The van der Waals surface area contributed by atoms with E-state index in [4.69, 9.17) is 0 Å². The van der Waals surface area contributed by atoms with Crippen molar-refractivity contribution in [2.24, 2.45) is 4.99 Å². The summed E-state index contributed by atoms with van der Waals surface area (Å²) in [5.74, 6) is 0.785. The summed E-state index contributed by atoms with van der Waals surface area (Å²) in [5.41, 5.74) is 0. The summed E-state index contributed by atoms with van der Waals surface area (Å²) in [6.45, 7) is 1.87. The van der Waals surface area contributed by atoms with Crippen LogP contribution in [0, 0.1) is 0 Å². The van der Waals surface area contributed by atoms with Crippen LogP contribution in [-0.4, -0.2) is 68.8 Å². The summed E-state index contributed by atoms with van der Waals surface area (Å²) in [4.78, 5) is 7.52. The highest BCUT2D eigenvalue weighted by atomic mass is 19.4. The minimum absolute atomic E-state index is 0.340. The van der Waals surface area contributed by atoms with E-state index in [1.54, 1.807) is 7.05 Å². The summed E-state index contributed by atoms with van der Waals surface area (Å²) in [6.07, 6.45) is -1.84. The lowest BCUT2D eigenvalue weighted by atomic mass is 10.4. The van der Waals surface area contributed by atoms with E-state index in [-0.39, 0.29) is 0 Å². The first kappa shape index (κ1) is 15.1. The van der Waals surface area contributed by atoms with E-state index in [0.717, 1.165) is 31.9 Å². The molecule has 7 heteroatoms. The number of halogens is 3. The van der Waals surface area contributed by atoms with E-state index >= 15 is 0 Å². The molecule has 0 aromatic rings. The molecule has 0 spiro atoms. The maximum absolute atomic E-state index is 12.1. The van der Waals surface area contributed by atoms with E-state index in [1.165, 1.54) is 11.9 Å². The highest BCUT2D eigenvalue weighted by Crippen LogP contribution is 2.15. The minimum Gasteiger partial charge on any atom is -0.355 e.